The maximum absolute atomic E-state index is 5.27. The smallest absolute Gasteiger partial charge is 0.626 e. The maximum Gasteiger partial charge on any atom is 1.00 e. The molecule has 0 nitrogen and oxygen atoms in total. The molecule has 0 amide bonds. The van der Waals surface area contributed by atoms with Crippen LogP contribution in [0.5, 0.6) is 0 Å². The quantitative estimate of drug-likeness (QED) is 0.348. The van der Waals surface area contributed by atoms with Crippen LogP contribution >= 0.6 is 0 Å². The molecule has 0 N–H and O–H groups in total. The van der Waals surface area contributed by atoms with E-state index in [4.69, 9.17) is 7.85 Å². The second-order valence-electron chi connectivity index (χ2n) is 1.85. The normalized spacial score (nSPS) is 8.25. The van der Waals surface area contributed by atoms with Gasteiger partial charge in [-0.3, -0.25) is 6.32 Å². The Labute approximate surface area is 96.6 Å². The largest absolute Gasteiger partial charge is 1.00 e. The molecule has 0 aromatic rings. The Hall–Kier alpha value is 1.70. The van der Waals surface area contributed by atoms with Crippen LogP contribution in [0.25, 0.3) is 0 Å². The van der Waals surface area contributed by atoms with E-state index in [9.17, 15) is 0 Å². The van der Waals surface area contributed by atoms with Crippen LogP contribution in [0.1, 0.15) is 32.6 Å². The average Bonchev–Trinajstić information content (AvgIpc) is 1.69. The summed E-state index contributed by atoms with van der Waals surface area (Å²) in [6.45, 7) is 2.20. The molecule has 0 spiro atoms. The Morgan fingerprint density at radius 1 is 1.12 bits per heavy atom. The minimum Gasteiger partial charge on any atom is -0.626 e. The third kappa shape index (κ3) is 10.6. The van der Waals surface area contributed by atoms with Crippen molar-refractivity contribution in [2.24, 2.45) is 0 Å². The van der Waals surface area contributed by atoms with Gasteiger partial charge in [-0.15, -0.1) is 0 Å². The first kappa shape index (κ1) is 12.4. The standard InChI is InChI=1S/C6H13B.K/c1-2-3-4-5-6-7;/h2-6H2,1H3;/q-1;+1. The SMILES string of the molecule is [B-]CCCCCC.[K+]. The summed E-state index contributed by atoms with van der Waals surface area (Å²) in [5, 5.41) is 0. The van der Waals surface area contributed by atoms with Gasteiger partial charge in [0.15, 0.2) is 0 Å². The van der Waals surface area contributed by atoms with Gasteiger partial charge in [-0.1, -0.05) is 32.6 Å². The molecule has 0 heterocycles. The van der Waals surface area contributed by atoms with Gasteiger partial charge in [-0.05, 0) is 0 Å². The summed E-state index contributed by atoms with van der Waals surface area (Å²) < 4.78 is 0. The van der Waals surface area contributed by atoms with E-state index < -0.39 is 0 Å². The van der Waals surface area contributed by atoms with Crippen molar-refractivity contribution < 1.29 is 51.4 Å². The summed E-state index contributed by atoms with van der Waals surface area (Å²) in [6, 6.07) is 0. The molecule has 3 radical (unpaired) electrons. The van der Waals surface area contributed by atoms with Crippen LogP contribution < -0.4 is 51.4 Å². The summed E-state index contributed by atoms with van der Waals surface area (Å²) >= 11 is 0. The molecule has 0 fully saturated rings. The number of hydrogen-bond acceptors (Lipinski definition) is 0. The van der Waals surface area contributed by atoms with E-state index in [0.717, 1.165) is 6.32 Å². The third-order valence-corrected chi connectivity index (χ3v) is 1.06. The van der Waals surface area contributed by atoms with Crippen molar-refractivity contribution in [3.63, 3.8) is 0 Å². The van der Waals surface area contributed by atoms with Crippen LogP contribution in [0.3, 0.4) is 0 Å². The Balaban J connectivity index is 0. The van der Waals surface area contributed by atoms with Crippen molar-refractivity contribution in [2.75, 3.05) is 0 Å². The van der Waals surface area contributed by atoms with E-state index >= 15 is 0 Å². The van der Waals surface area contributed by atoms with E-state index in [1.807, 2.05) is 0 Å². The molecule has 2 heteroatoms. The van der Waals surface area contributed by atoms with Crippen LogP contribution in [0.2, 0.25) is 6.32 Å². The van der Waals surface area contributed by atoms with Crippen molar-refractivity contribution >= 4 is 7.85 Å². The van der Waals surface area contributed by atoms with Gasteiger partial charge in [0.05, 0.1) is 0 Å². The Bertz CT molecular complexity index is 27.7. The molecule has 0 aromatic heterocycles. The fourth-order valence-corrected chi connectivity index (χ4v) is 0.571. The van der Waals surface area contributed by atoms with E-state index in [1.165, 1.54) is 25.7 Å². The molecule has 0 aromatic carbocycles. The van der Waals surface area contributed by atoms with E-state index in [0.29, 0.717) is 0 Å². The zero-order chi connectivity index (χ0) is 5.54. The molecule has 0 aliphatic heterocycles. The number of rotatable bonds is 4. The minimum absolute atomic E-state index is 0. The molecule has 0 rings (SSSR count). The molecule has 0 unspecified atom stereocenters. The predicted molar refractivity (Wildman–Crippen MR) is 34.7 cm³/mol. The molecular weight excluding hydrogens is 122 g/mol. The minimum atomic E-state index is 0. The van der Waals surface area contributed by atoms with Crippen molar-refractivity contribution in [1.82, 2.24) is 0 Å². The Morgan fingerprint density at radius 2 is 1.75 bits per heavy atom. The van der Waals surface area contributed by atoms with Gasteiger partial charge in [0.25, 0.3) is 0 Å². The molecule has 0 aliphatic rings. The van der Waals surface area contributed by atoms with E-state index in [1.54, 1.807) is 0 Å². The van der Waals surface area contributed by atoms with Crippen LogP contribution in [0, 0.1) is 0 Å². The monoisotopic (exact) mass is 135 g/mol. The zero-order valence-electron chi connectivity index (χ0n) is 6.11. The first-order valence-corrected chi connectivity index (χ1v) is 3.12. The van der Waals surface area contributed by atoms with E-state index in [-0.39, 0.29) is 51.4 Å². The zero-order valence-corrected chi connectivity index (χ0v) is 9.24. The van der Waals surface area contributed by atoms with Gasteiger partial charge in [-0.25, -0.2) is 0 Å². The van der Waals surface area contributed by atoms with Crippen molar-refractivity contribution in [3.8, 4) is 0 Å². The second-order valence-corrected chi connectivity index (χ2v) is 1.85. The topological polar surface area (TPSA) is 0 Å². The van der Waals surface area contributed by atoms with Crippen molar-refractivity contribution in [1.29, 1.82) is 0 Å². The van der Waals surface area contributed by atoms with Gasteiger partial charge in [0, 0.05) is 0 Å². The second kappa shape index (κ2) is 11.5. The van der Waals surface area contributed by atoms with Crippen molar-refractivity contribution in [2.45, 2.75) is 38.9 Å². The molecule has 0 saturated carbocycles. The molecule has 0 bridgehead atoms. The summed E-state index contributed by atoms with van der Waals surface area (Å²) in [6.07, 6.45) is 6.03. The van der Waals surface area contributed by atoms with Gasteiger partial charge < -0.3 is 7.85 Å². The van der Waals surface area contributed by atoms with Gasteiger partial charge in [0.1, 0.15) is 0 Å². The van der Waals surface area contributed by atoms with Gasteiger partial charge in [0.2, 0.25) is 0 Å². The predicted octanol–water partition coefficient (Wildman–Crippen LogP) is -0.842. The van der Waals surface area contributed by atoms with Gasteiger partial charge >= 0.3 is 51.4 Å². The Kier molecular flexibility index (Phi) is 17.8. The average molecular weight is 135 g/mol. The van der Waals surface area contributed by atoms with Gasteiger partial charge in [-0.2, -0.15) is 0 Å². The summed E-state index contributed by atoms with van der Waals surface area (Å²) in [5.74, 6) is 0. The fraction of sp³-hybridized carbons (Fsp3) is 1.00. The first-order chi connectivity index (χ1) is 3.41. The Morgan fingerprint density at radius 3 is 2.12 bits per heavy atom. The molecule has 41 valence electrons. The molecule has 0 aliphatic carbocycles. The third-order valence-electron chi connectivity index (χ3n) is 1.06. The summed E-state index contributed by atoms with van der Waals surface area (Å²) in [4.78, 5) is 0. The van der Waals surface area contributed by atoms with E-state index in [2.05, 4.69) is 6.92 Å². The first-order valence-electron chi connectivity index (χ1n) is 3.12. The number of hydrogen-bond donors (Lipinski definition) is 0. The van der Waals surface area contributed by atoms with Crippen LogP contribution in [-0.4, -0.2) is 7.85 Å². The van der Waals surface area contributed by atoms with Crippen LogP contribution in [0.15, 0.2) is 0 Å². The van der Waals surface area contributed by atoms with Crippen LogP contribution in [-0.2, 0) is 0 Å². The summed E-state index contributed by atoms with van der Waals surface area (Å²) in [5.41, 5.74) is 0. The summed E-state index contributed by atoms with van der Waals surface area (Å²) in [7, 11) is 5.27. The molecule has 0 atom stereocenters. The van der Waals surface area contributed by atoms with Crippen LogP contribution in [0.4, 0.5) is 0 Å². The fourth-order valence-electron chi connectivity index (χ4n) is 0.571. The molecule has 0 saturated heterocycles. The number of unbranched alkanes of at least 4 members (excludes halogenated alkanes) is 3. The molecule has 8 heavy (non-hydrogen) atoms. The molecular formula is C6H13BK. The van der Waals surface area contributed by atoms with Crippen molar-refractivity contribution in [3.05, 3.63) is 0 Å². The maximum atomic E-state index is 5.27.